The van der Waals surface area contributed by atoms with Crippen molar-refractivity contribution in [3.8, 4) is 0 Å². The van der Waals surface area contributed by atoms with Crippen molar-refractivity contribution in [1.82, 2.24) is 0 Å². The van der Waals surface area contributed by atoms with Crippen LogP contribution in [0.4, 0.5) is 5.69 Å². The number of rotatable bonds is 6. The van der Waals surface area contributed by atoms with E-state index in [9.17, 15) is 8.42 Å². The molecule has 0 aliphatic rings. The number of benzene rings is 1. The van der Waals surface area contributed by atoms with E-state index in [0.717, 1.165) is 11.1 Å². The van der Waals surface area contributed by atoms with Crippen LogP contribution in [0, 0.1) is 13.8 Å². The van der Waals surface area contributed by atoms with Crippen LogP contribution in [0.5, 0.6) is 0 Å². The van der Waals surface area contributed by atoms with Crippen LogP contribution in [0.2, 0.25) is 0 Å². The van der Waals surface area contributed by atoms with Gasteiger partial charge in [-0.1, -0.05) is 24.6 Å². The molecule has 0 aromatic heterocycles. The van der Waals surface area contributed by atoms with E-state index in [1.54, 1.807) is 6.07 Å². The van der Waals surface area contributed by atoms with E-state index in [4.69, 9.17) is 5.11 Å². The Balaban J connectivity index is 3.20. The van der Waals surface area contributed by atoms with Crippen LogP contribution in [-0.2, 0) is 10.0 Å². The molecule has 1 aromatic rings. The van der Waals surface area contributed by atoms with Gasteiger partial charge < -0.3 is 5.11 Å². The van der Waals surface area contributed by atoms with Crippen LogP contribution in [0.3, 0.4) is 0 Å². The number of aliphatic hydroxyl groups excluding tert-OH is 1. The third-order valence-electron chi connectivity index (χ3n) is 2.72. The number of hydrogen-bond donors (Lipinski definition) is 1. The lowest BCUT2D eigenvalue weighted by Gasteiger charge is -2.25. The van der Waals surface area contributed by atoms with Crippen LogP contribution in [-0.4, -0.2) is 32.4 Å². The van der Waals surface area contributed by atoms with Crippen LogP contribution < -0.4 is 4.31 Å². The molecule has 1 rings (SSSR count). The molecule has 0 amide bonds. The monoisotopic (exact) mass is 271 g/mol. The standard InChI is InChI=1S/C13H21NO3S/c1-4-9-18(16,17)14(7-8-15)13-6-5-11(2)10-12(13)3/h5-6,10,15H,4,7-9H2,1-3H3. The number of aryl methyl sites for hydroxylation is 2. The average Bonchev–Trinajstić information content (AvgIpc) is 2.26. The van der Waals surface area contributed by atoms with Gasteiger partial charge in [0.05, 0.1) is 24.6 Å². The van der Waals surface area contributed by atoms with Crippen molar-refractivity contribution in [2.75, 3.05) is 23.2 Å². The summed E-state index contributed by atoms with van der Waals surface area (Å²) in [5, 5.41) is 9.07. The molecule has 0 unspecified atom stereocenters. The average molecular weight is 271 g/mol. The van der Waals surface area contributed by atoms with Crippen molar-refractivity contribution in [3.05, 3.63) is 29.3 Å². The van der Waals surface area contributed by atoms with Crippen LogP contribution >= 0.6 is 0 Å². The lowest BCUT2D eigenvalue weighted by molar-refractivity contribution is 0.306. The van der Waals surface area contributed by atoms with E-state index in [1.165, 1.54) is 4.31 Å². The summed E-state index contributed by atoms with van der Waals surface area (Å²) in [7, 11) is -3.35. The van der Waals surface area contributed by atoms with Crippen molar-refractivity contribution < 1.29 is 13.5 Å². The van der Waals surface area contributed by atoms with Crippen molar-refractivity contribution in [3.63, 3.8) is 0 Å². The molecule has 0 saturated heterocycles. The van der Waals surface area contributed by atoms with Gasteiger partial charge in [-0.2, -0.15) is 0 Å². The Kier molecular flexibility index (Phi) is 5.16. The number of aliphatic hydroxyl groups is 1. The summed E-state index contributed by atoms with van der Waals surface area (Å²) in [6.07, 6.45) is 0.565. The van der Waals surface area contributed by atoms with Crippen molar-refractivity contribution in [1.29, 1.82) is 0 Å². The maximum absolute atomic E-state index is 12.2. The molecule has 0 spiro atoms. The zero-order valence-corrected chi connectivity index (χ0v) is 12.0. The fraction of sp³-hybridized carbons (Fsp3) is 0.538. The summed E-state index contributed by atoms with van der Waals surface area (Å²) in [5.74, 6) is 0.0975. The van der Waals surface area contributed by atoms with Gasteiger partial charge in [0.15, 0.2) is 0 Å². The molecule has 4 nitrogen and oxygen atoms in total. The summed E-state index contributed by atoms with van der Waals surface area (Å²) in [6, 6.07) is 5.63. The summed E-state index contributed by atoms with van der Waals surface area (Å²) in [5.41, 5.74) is 2.65. The summed E-state index contributed by atoms with van der Waals surface area (Å²) in [6.45, 7) is 5.60. The molecule has 0 radical (unpaired) electrons. The lowest BCUT2D eigenvalue weighted by atomic mass is 10.1. The third kappa shape index (κ3) is 3.46. The summed E-state index contributed by atoms with van der Waals surface area (Å²) in [4.78, 5) is 0. The molecule has 0 heterocycles. The van der Waals surface area contributed by atoms with Crippen LogP contribution in [0.1, 0.15) is 24.5 Å². The first kappa shape index (κ1) is 15.0. The molecular formula is C13H21NO3S. The number of sulfonamides is 1. The van der Waals surface area contributed by atoms with Gasteiger partial charge in [-0.05, 0) is 31.9 Å². The van der Waals surface area contributed by atoms with Crippen LogP contribution in [0.25, 0.3) is 0 Å². The Morgan fingerprint density at radius 3 is 2.44 bits per heavy atom. The summed E-state index contributed by atoms with van der Waals surface area (Å²) < 4.78 is 25.7. The largest absolute Gasteiger partial charge is 0.394 e. The quantitative estimate of drug-likeness (QED) is 0.859. The SMILES string of the molecule is CCCS(=O)(=O)N(CCO)c1ccc(C)cc1C. The fourth-order valence-corrected chi connectivity index (χ4v) is 3.55. The maximum atomic E-state index is 12.2. The Labute approximate surface area is 109 Å². The first-order chi connectivity index (χ1) is 8.42. The highest BCUT2D eigenvalue weighted by molar-refractivity contribution is 7.92. The topological polar surface area (TPSA) is 57.6 Å². The van der Waals surface area contributed by atoms with Gasteiger partial charge >= 0.3 is 0 Å². The van der Waals surface area contributed by atoms with Gasteiger partial charge in [0.25, 0.3) is 0 Å². The maximum Gasteiger partial charge on any atom is 0.235 e. The van der Waals surface area contributed by atoms with E-state index in [-0.39, 0.29) is 18.9 Å². The minimum Gasteiger partial charge on any atom is -0.394 e. The zero-order valence-electron chi connectivity index (χ0n) is 11.2. The highest BCUT2D eigenvalue weighted by Crippen LogP contribution is 2.24. The molecule has 18 heavy (non-hydrogen) atoms. The van der Waals surface area contributed by atoms with Crippen molar-refractivity contribution >= 4 is 15.7 Å². The Hall–Kier alpha value is -1.07. The molecule has 1 aromatic carbocycles. The molecule has 0 saturated carbocycles. The fourth-order valence-electron chi connectivity index (χ4n) is 1.95. The van der Waals surface area contributed by atoms with Crippen molar-refractivity contribution in [2.45, 2.75) is 27.2 Å². The molecule has 0 atom stereocenters. The molecule has 1 N–H and O–H groups in total. The van der Waals surface area contributed by atoms with Gasteiger partial charge in [0.1, 0.15) is 0 Å². The number of anilines is 1. The second kappa shape index (κ2) is 6.20. The van der Waals surface area contributed by atoms with E-state index in [2.05, 4.69) is 0 Å². The van der Waals surface area contributed by atoms with Gasteiger partial charge in [-0.15, -0.1) is 0 Å². The molecule has 0 fully saturated rings. The van der Waals surface area contributed by atoms with Gasteiger partial charge in [-0.3, -0.25) is 4.31 Å². The highest BCUT2D eigenvalue weighted by Gasteiger charge is 2.22. The zero-order chi connectivity index (χ0) is 13.8. The van der Waals surface area contributed by atoms with E-state index >= 15 is 0 Å². The molecule has 0 aliphatic carbocycles. The molecule has 0 aliphatic heterocycles. The molecule has 102 valence electrons. The van der Waals surface area contributed by atoms with Gasteiger partial charge in [-0.25, -0.2) is 8.42 Å². The highest BCUT2D eigenvalue weighted by atomic mass is 32.2. The normalized spacial score (nSPS) is 11.6. The first-order valence-corrected chi connectivity index (χ1v) is 7.71. The van der Waals surface area contributed by atoms with E-state index in [1.807, 2.05) is 32.9 Å². The predicted molar refractivity (Wildman–Crippen MR) is 74.4 cm³/mol. The van der Waals surface area contributed by atoms with Crippen LogP contribution in [0.15, 0.2) is 18.2 Å². The molecule has 5 heteroatoms. The van der Waals surface area contributed by atoms with E-state index < -0.39 is 10.0 Å². The predicted octanol–water partition coefficient (Wildman–Crippen LogP) is 1.84. The molecule has 0 bridgehead atoms. The Bertz CT molecular complexity index is 497. The first-order valence-electron chi connectivity index (χ1n) is 6.11. The van der Waals surface area contributed by atoms with Crippen molar-refractivity contribution in [2.24, 2.45) is 0 Å². The van der Waals surface area contributed by atoms with Gasteiger partial charge in [0, 0.05) is 0 Å². The Morgan fingerprint density at radius 2 is 1.94 bits per heavy atom. The smallest absolute Gasteiger partial charge is 0.235 e. The molecular weight excluding hydrogens is 250 g/mol. The van der Waals surface area contributed by atoms with E-state index in [0.29, 0.717) is 12.1 Å². The minimum atomic E-state index is -3.35. The second-order valence-corrected chi connectivity index (χ2v) is 6.41. The number of hydrogen-bond acceptors (Lipinski definition) is 3. The minimum absolute atomic E-state index is 0.0975. The third-order valence-corrected chi connectivity index (χ3v) is 4.70. The lowest BCUT2D eigenvalue weighted by Crippen LogP contribution is -2.35. The summed E-state index contributed by atoms with van der Waals surface area (Å²) >= 11 is 0. The van der Waals surface area contributed by atoms with Gasteiger partial charge in [0.2, 0.25) is 10.0 Å². The Morgan fingerprint density at radius 1 is 1.28 bits per heavy atom. The number of nitrogens with zero attached hydrogens (tertiary/aromatic N) is 1. The second-order valence-electron chi connectivity index (χ2n) is 4.40.